The maximum Gasteiger partial charge on any atom is 0.186 e. The second kappa shape index (κ2) is 4.92. The lowest BCUT2D eigenvalue weighted by atomic mass is 9.95. The quantitative estimate of drug-likeness (QED) is 0.457. The van der Waals surface area contributed by atoms with Gasteiger partial charge in [0.1, 0.15) is 0 Å². The minimum atomic E-state index is 0.0515. The van der Waals surface area contributed by atoms with Crippen LogP contribution in [0.15, 0.2) is 36.4 Å². The van der Waals surface area contributed by atoms with Gasteiger partial charge in [-0.1, -0.05) is 39.0 Å². The smallest absolute Gasteiger partial charge is 0.186 e. The molecule has 0 amide bonds. The van der Waals surface area contributed by atoms with Gasteiger partial charge in [-0.05, 0) is 46.2 Å². The zero-order valence-corrected chi connectivity index (χ0v) is 11.4. The average Bonchev–Trinajstić information content (AvgIpc) is 2.14. The Kier molecular flexibility index (Phi) is 4.08. The normalized spacial score (nSPS) is 12.0. The first kappa shape index (κ1) is 12.4. The molecule has 2 heteroatoms. The van der Waals surface area contributed by atoms with Gasteiger partial charge in [-0.15, -0.1) is 0 Å². The molecule has 1 rings (SSSR count). The Morgan fingerprint density at radius 3 is 2.40 bits per heavy atom. The molecule has 0 heterocycles. The largest absolute Gasteiger partial charge is 0.289 e. The molecule has 0 aromatic heterocycles. The van der Waals surface area contributed by atoms with Gasteiger partial charge < -0.3 is 0 Å². The van der Waals surface area contributed by atoms with Crippen LogP contribution in [-0.4, -0.2) is 5.78 Å². The molecule has 0 saturated carbocycles. The molecule has 1 aromatic carbocycles. The van der Waals surface area contributed by atoms with Gasteiger partial charge in [0, 0.05) is 9.13 Å². The summed E-state index contributed by atoms with van der Waals surface area (Å²) < 4.78 is 0.999. The van der Waals surface area contributed by atoms with Crippen molar-refractivity contribution in [2.75, 3.05) is 0 Å². The molecule has 0 bridgehead atoms. The standard InChI is InChI=1S/C13H15IO/c1-13(2,3)9-8-12(15)10-6-4-5-7-11(10)14/h4-9H,1-3H3/b9-8+. The molecule has 0 spiro atoms. The van der Waals surface area contributed by atoms with Crippen LogP contribution in [0.3, 0.4) is 0 Å². The third-order valence-electron chi connectivity index (χ3n) is 1.87. The summed E-state index contributed by atoms with van der Waals surface area (Å²) in [5.74, 6) is 0.0786. The van der Waals surface area contributed by atoms with E-state index in [0.29, 0.717) is 0 Å². The van der Waals surface area contributed by atoms with Crippen LogP contribution >= 0.6 is 22.6 Å². The molecule has 0 radical (unpaired) electrons. The second-order valence-corrected chi connectivity index (χ2v) is 5.71. The molecule has 1 nitrogen and oxygen atoms in total. The molecular formula is C13H15IO. The van der Waals surface area contributed by atoms with E-state index in [-0.39, 0.29) is 11.2 Å². The Bertz CT molecular complexity index is 386. The van der Waals surface area contributed by atoms with E-state index < -0.39 is 0 Å². The van der Waals surface area contributed by atoms with E-state index >= 15 is 0 Å². The first-order valence-electron chi connectivity index (χ1n) is 4.88. The van der Waals surface area contributed by atoms with Crippen LogP contribution in [0.2, 0.25) is 0 Å². The maximum atomic E-state index is 11.8. The van der Waals surface area contributed by atoms with Crippen LogP contribution in [0.5, 0.6) is 0 Å². The Balaban J connectivity index is 2.88. The lowest BCUT2D eigenvalue weighted by molar-refractivity contribution is 0.104. The van der Waals surface area contributed by atoms with Crippen LogP contribution in [0.1, 0.15) is 31.1 Å². The Morgan fingerprint density at radius 2 is 1.87 bits per heavy atom. The van der Waals surface area contributed by atoms with Gasteiger partial charge in [0.05, 0.1) is 0 Å². The van der Waals surface area contributed by atoms with Gasteiger partial charge in [-0.2, -0.15) is 0 Å². The average molecular weight is 314 g/mol. The summed E-state index contributed by atoms with van der Waals surface area (Å²) in [6, 6.07) is 7.63. The first-order chi connectivity index (χ1) is 6.90. The van der Waals surface area contributed by atoms with Crippen molar-refractivity contribution in [1.29, 1.82) is 0 Å². The van der Waals surface area contributed by atoms with Crippen molar-refractivity contribution in [3.05, 3.63) is 45.6 Å². The predicted octanol–water partition coefficient (Wildman–Crippen LogP) is 4.08. The molecule has 0 N–H and O–H groups in total. The van der Waals surface area contributed by atoms with Crippen LogP contribution in [0, 0.1) is 8.99 Å². The highest BCUT2D eigenvalue weighted by Gasteiger charge is 2.08. The molecule has 15 heavy (non-hydrogen) atoms. The monoisotopic (exact) mass is 314 g/mol. The van der Waals surface area contributed by atoms with E-state index in [9.17, 15) is 4.79 Å². The Labute approximate surface area is 105 Å². The van der Waals surface area contributed by atoms with Crippen LogP contribution in [0.25, 0.3) is 0 Å². The van der Waals surface area contributed by atoms with Crippen molar-refractivity contribution in [2.45, 2.75) is 20.8 Å². The van der Waals surface area contributed by atoms with Crippen molar-refractivity contribution in [3.63, 3.8) is 0 Å². The minimum absolute atomic E-state index is 0.0515. The lowest BCUT2D eigenvalue weighted by Gasteiger charge is -2.10. The van der Waals surface area contributed by atoms with Gasteiger partial charge in [0.2, 0.25) is 0 Å². The number of halogens is 1. The highest BCUT2D eigenvalue weighted by atomic mass is 127. The lowest BCUT2D eigenvalue weighted by Crippen LogP contribution is -2.03. The van der Waals surface area contributed by atoms with E-state index in [1.54, 1.807) is 6.08 Å². The number of carbonyl (C=O) groups excluding carboxylic acids is 1. The van der Waals surface area contributed by atoms with Crippen LogP contribution in [0.4, 0.5) is 0 Å². The van der Waals surface area contributed by atoms with Crippen molar-refractivity contribution < 1.29 is 4.79 Å². The number of carbonyl (C=O) groups is 1. The molecule has 0 fully saturated rings. The number of hydrogen-bond acceptors (Lipinski definition) is 1. The molecule has 0 aliphatic carbocycles. The van der Waals surface area contributed by atoms with E-state index in [1.165, 1.54) is 0 Å². The second-order valence-electron chi connectivity index (χ2n) is 4.54. The first-order valence-corrected chi connectivity index (χ1v) is 5.96. The Hall–Kier alpha value is -0.640. The fourth-order valence-corrected chi connectivity index (χ4v) is 1.73. The summed E-state index contributed by atoms with van der Waals surface area (Å²) in [5.41, 5.74) is 0.828. The van der Waals surface area contributed by atoms with Crippen LogP contribution < -0.4 is 0 Å². The molecule has 80 valence electrons. The summed E-state index contributed by atoms with van der Waals surface area (Å²) >= 11 is 2.18. The van der Waals surface area contributed by atoms with E-state index in [2.05, 4.69) is 43.4 Å². The topological polar surface area (TPSA) is 17.1 Å². The maximum absolute atomic E-state index is 11.8. The third-order valence-corrected chi connectivity index (χ3v) is 2.81. The van der Waals surface area contributed by atoms with Crippen molar-refractivity contribution in [1.82, 2.24) is 0 Å². The summed E-state index contributed by atoms with van der Waals surface area (Å²) in [5, 5.41) is 0. The Morgan fingerprint density at radius 1 is 1.27 bits per heavy atom. The fourth-order valence-electron chi connectivity index (χ4n) is 1.08. The van der Waals surface area contributed by atoms with Gasteiger partial charge in [0.25, 0.3) is 0 Å². The highest BCUT2D eigenvalue weighted by Crippen LogP contribution is 2.17. The molecule has 0 saturated heterocycles. The minimum Gasteiger partial charge on any atom is -0.289 e. The SMILES string of the molecule is CC(C)(C)/C=C/C(=O)c1ccccc1I. The van der Waals surface area contributed by atoms with E-state index in [0.717, 1.165) is 9.13 Å². The highest BCUT2D eigenvalue weighted by molar-refractivity contribution is 14.1. The molecule has 0 unspecified atom stereocenters. The predicted molar refractivity (Wildman–Crippen MR) is 72.1 cm³/mol. The van der Waals surface area contributed by atoms with Gasteiger partial charge in [-0.25, -0.2) is 0 Å². The molecule has 1 aromatic rings. The number of hydrogen-bond donors (Lipinski definition) is 0. The summed E-state index contributed by atoms with van der Waals surface area (Å²) in [6.45, 7) is 6.23. The van der Waals surface area contributed by atoms with Crippen molar-refractivity contribution >= 4 is 28.4 Å². The molecular weight excluding hydrogens is 299 g/mol. The van der Waals surface area contributed by atoms with E-state index in [4.69, 9.17) is 0 Å². The van der Waals surface area contributed by atoms with Gasteiger partial charge in [0.15, 0.2) is 5.78 Å². The molecule has 0 aliphatic rings. The summed E-state index contributed by atoms with van der Waals surface area (Å²) in [7, 11) is 0. The number of rotatable bonds is 2. The molecule has 0 aliphatic heterocycles. The number of benzene rings is 1. The summed E-state index contributed by atoms with van der Waals surface area (Å²) in [6.07, 6.45) is 3.61. The number of allylic oxidation sites excluding steroid dienone is 2. The van der Waals surface area contributed by atoms with Gasteiger partial charge in [-0.3, -0.25) is 4.79 Å². The van der Waals surface area contributed by atoms with Gasteiger partial charge >= 0.3 is 0 Å². The van der Waals surface area contributed by atoms with Crippen molar-refractivity contribution in [3.8, 4) is 0 Å². The third kappa shape index (κ3) is 4.16. The fraction of sp³-hybridized carbons (Fsp3) is 0.308. The van der Waals surface area contributed by atoms with Crippen molar-refractivity contribution in [2.24, 2.45) is 5.41 Å². The zero-order chi connectivity index (χ0) is 11.5. The number of ketones is 1. The molecule has 0 atom stereocenters. The summed E-state index contributed by atoms with van der Waals surface area (Å²) in [4.78, 5) is 11.8. The van der Waals surface area contributed by atoms with Crippen LogP contribution in [-0.2, 0) is 0 Å². The zero-order valence-electron chi connectivity index (χ0n) is 9.25. The van der Waals surface area contributed by atoms with E-state index in [1.807, 2.05) is 30.3 Å².